The lowest BCUT2D eigenvalue weighted by Crippen LogP contribution is -2.42. The molecule has 0 saturated carbocycles. The van der Waals surface area contributed by atoms with Gasteiger partial charge in [0.2, 0.25) is 5.91 Å². The second kappa shape index (κ2) is 3.74. The monoisotopic (exact) mass is 224 g/mol. The number of carbonyl (C=O) groups is 1. The van der Waals surface area contributed by atoms with Gasteiger partial charge in [0.05, 0.1) is 22.9 Å². The maximum Gasteiger partial charge on any atom is 0.244 e. The summed E-state index contributed by atoms with van der Waals surface area (Å²) in [4.78, 5) is 13.5. The van der Waals surface area contributed by atoms with Crippen molar-refractivity contribution in [2.45, 2.75) is 19.9 Å². The molecule has 1 aromatic rings. The molecule has 1 aliphatic rings. The van der Waals surface area contributed by atoms with Crippen molar-refractivity contribution in [2.75, 3.05) is 16.8 Å². The number of benzene rings is 1. The second-order valence-electron chi connectivity index (χ2n) is 3.90. The van der Waals surface area contributed by atoms with Gasteiger partial charge in [-0.15, -0.1) is 0 Å². The maximum atomic E-state index is 11.5. The van der Waals surface area contributed by atoms with Crippen molar-refractivity contribution < 1.29 is 4.79 Å². The van der Waals surface area contributed by atoms with Crippen LogP contribution >= 0.6 is 11.6 Å². The minimum atomic E-state index is -0.00991. The van der Waals surface area contributed by atoms with Crippen molar-refractivity contribution in [3.63, 3.8) is 0 Å². The highest BCUT2D eigenvalue weighted by Gasteiger charge is 2.24. The Morgan fingerprint density at radius 3 is 2.87 bits per heavy atom. The first-order valence-corrected chi connectivity index (χ1v) is 5.32. The molecular weight excluding hydrogens is 212 g/mol. The summed E-state index contributed by atoms with van der Waals surface area (Å²) >= 11 is 6.04. The van der Waals surface area contributed by atoms with E-state index in [0.717, 1.165) is 11.4 Å². The van der Waals surface area contributed by atoms with Crippen LogP contribution in [0, 0.1) is 0 Å². The highest BCUT2D eigenvalue weighted by atomic mass is 35.5. The molecule has 0 aromatic heterocycles. The minimum Gasteiger partial charge on any atom is -0.358 e. The molecule has 0 unspecified atom stereocenters. The van der Waals surface area contributed by atoms with E-state index < -0.39 is 0 Å². The molecule has 0 bridgehead atoms. The number of para-hydroxylation sites is 1. The van der Waals surface area contributed by atoms with E-state index in [1.165, 1.54) is 0 Å². The molecule has 15 heavy (non-hydrogen) atoms. The molecule has 0 saturated heterocycles. The van der Waals surface area contributed by atoms with Gasteiger partial charge in [0.1, 0.15) is 0 Å². The molecule has 0 fully saturated rings. The van der Waals surface area contributed by atoms with Crippen molar-refractivity contribution in [2.24, 2.45) is 0 Å². The number of hydrogen-bond acceptors (Lipinski definition) is 2. The zero-order valence-corrected chi connectivity index (χ0v) is 9.51. The van der Waals surface area contributed by atoms with Crippen molar-refractivity contribution in [3.05, 3.63) is 23.2 Å². The summed E-state index contributed by atoms with van der Waals surface area (Å²) in [6, 6.07) is 5.94. The van der Waals surface area contributed by atoms with Crippen LogP contribution in [0.15, 0.2) is 18.2 Å². The van der Waals surface area contributed by atoms with Gasteiger partial charge in [-0.2, -0.15) is 0 Å². The fourth-order valence-electron chi connectivity index (χ4n) is 1.76. The van der Waals surface area contributed by atoms with Gasteiger partial charge in [-0.25, -0.2) is 0 Å². The van der Waals surface area contributed by atoms with Crippen LogP contribution in [0.3, 0.4) is 0 Å². The zero-order chi connectivity index (χ0) is 11.0. The zero-order valence-electron chi connectivity index (χ0n) is 8.75. The van der Waals surface area contributed by atoms with Crippen LogP contribution in [0.1, 0.15) is 13.8 Å². The topological polar surface area (TPSA) is 32.3 Å². The second-order valence-corrected chi connectivity index (χ2v) is 4.31. The van der Waals surface area contributed by atoms with Crippen molar-refractivity contribution >= 4 is 28.9 Å². The van der Waals surface area contributed by atoms with Gasteiger partial charge in [0.15, 0.2) is 0 Å². The fraction of sp³-hybridized carbons (Fsp3) is 0.364. The number of rotatable bonds is 1. The molecule has 0 atom stereocenters. The average Bonchev–Trinajstić information content (AvgIpc) is 2.18. The first-order chi connectivity index (χ1) is 7.09. The molecule has 1 heterocycles. The van der Waals surface area contributed by atoms with E-state index in [1.54, 1.807) is 6.07 Å². The molecular formula is C11H13ClN2O. The third-order valence-corrected chi connectivity index (χ3v) is 2.82. The van der Waals surface area contributed by atoms with Crippen LogP contribution in [-0.2, 0) is 4.79 Å². The lowest BCUT2D eigenvalue weighted by atomic mass is 10.1. The molecule has 1 amide bonds. The first-order valence-electron chi connectivity index (χ1n) is 4.94. The fourth-order valence-corrected chi connectivity index (χ4v) is 1.97. The normalized spacial score (nSPS) is 15.2. The minimum absolute atomic E-state index is 0.00991. The third-order valence-electron chi connectivity index (χ3n) is 2.50. The van der Waals surface area contributed by atoms with E-state index in [2.05, 4.69) is 19.2 Å². The van der Waals surface area contributed by atoms with Crippen molar-refractivity contribution in [1.82, 2.24) is 0 Å². The van der Waals surface area contributed by atoms with E-state index in [4.69, 9.17) is 11.6 Å². The Hall–Kier alpha value is -1.22. The summed E-state index contributed by atoms with van der Waals surface area (Å²) in [7, 11) is 0. The van der Waals surface area contributed by atoms with E-state index in [0.29, 0.717) is 11.6 Å². The smallest absolute Gasteiger partial charge is 0.244 e. The van der Waals surface area contributed by atoms with Crippen LogP contribution in [-0.4, -0.2) is 18.5 Å². The van der Waals surface area contributed by atoms with E-state index in [1.807, 2.05) is 17.0 Å². The van der Waals surface area contributed by atoms with Crippen LogP contribution in [0.4, 0.5) is 11.4 Å². The van der Waals surface area contributed by atoms with E-state index >= 15 is 0 Å². The molecule has 2 rings (SSSR count). The van der Waals surface area contributed by atoms with Gasteiger partial charge in [-0.3, -0.25) is 4.79 Å². The van der Waals surface area contributed by atoms with Crippen LogP contribution in [0.2, 0.25) is 5.02 Å². The lowest BCUT2D eigenvalue weighted by molar-refractivity contribution is -0.115. The molecule has 3 nitrogen and oxygen atoms in total. The number of nitrogens with zero attached hydrogens (tertiary/aromatic N) is 1. The molecule has 4 heteroatoms. The summed E-state index contributed by atoms with van der Waals surface area (Å²) in [6.07, 6.45) is 0. The molecule has 80 valence electrons. The highest BCUT2D eigenvalue weighted by Crippen LogP contribution is 2.36. The molecule has 0 radical (unpaired) electrons. The van der Waals surface area contributed by atoms with Gasteiger partial charge in [0.25, 0.3) is 0 Å². The Labute approximate surface area is 94.0 Å². The van der Waals surface area contributed by atoms with Crippen LogP contribution < -0.4 is 10.2 Å². The maximum absolute atomic E-state index is 11.5. The molecule has 0 aliphatic carbocycles. The Balaban J connectivity index is 2.51. The summed E-state index contributed by atoms with van der Waals surface area (Å²) < 4.78 is 0. The van der Waals surface area contributed by atoms with E-state index in [9.17, 15) is 4.79 Å². The number of hydrogen-bond donors (Lipinski definition) is 1. The predicted octanol–water partition coefficient (Wildman–Crippen LogP) is 2.51. The summed E-state index contributed by atoms with van der Waals surface area (Å²) in [5, 5.41) is 3.39. The van der Waals surface area contributed by atoms with Crippen LogP contribution in [0.25, 0.3) is 0 Å². The number of fused-ring (bicyclic) bond motifs is 1. The largest absolute Gasteiger partial charge is 0.358 e. The Morgan fingerprint density at radius 2 is 2.20 bits per heavy atom. The average molecular weight is 225 g/mol. The molecule has 1 N–H and O–H groups in total. The number of halogens is 1. The quantitative estimate of drug-likeness (QED) is 0.795. The predicted molar refractivity (Wildman–Crippen MR) is 62.6 cm³/mol. The molecule has 1 aromatic carbocycles. The summed E-state index contributed by atoms with van der Waals surface area (Å²) in [5.41, 5.74) is 1.72. The third kappa shape index (κ3) is 1.79. The lowest BCUT2D eigenvalue weighted by Gasteiger charge is -2.34. The van der Waals surface area contributed by atoms with Gasteiger partial charge in [0, 0.05) is 6.04 Å². The standard InChI is InChI=1S/C11H13ClN2O/c1-7(2)14-6-10(15)13-11-8(12)4-3-5-9(11)14/h3-5,7H,6H2,1-2H3,(H,13,15). The van der Waals surface area contributed by atoms with Gasteiger partial charge in [-0.05, 0) is 26.0 Å². The number of amides is 1. The van der Waals surface area contributed by atoms with Crippen molar-refractivity contribution in [3.8, 4) is 0 Å². The Bertz CT molecular complexity index is 404. The Kier molecular flexibility index (Phi) is 2.57. The number of carbonyl (C=O) groups excluding carboxylic acids is 1. The van der Waals surface area contributed by atoms with E-state index in [-0.39, 0.29) is 11.9 Å². The first kappa shape index (κ1) is 10.3. The summed E-state index contributed by atoms with van der Waals surface area (Å²) in [5.74, 6) is -0.00991. The molecule has 0 spiro atoms. The van der Waals surface area contributed by atoms with Crippen molar-refractivity contribution in [1.29, 1.82) is 0 Å². The van der Waals surface area contributed by atoms with Gasteiger partial charge < -0.3 is 10.2 Å². The number of nitrogens with one attached hydrogen (secondary N) is 1. The van der Waals surface area contributed by atoms with Crippen LogP contribution in [0.5, 0.6) is 0 Å². The highest BCUT2D eigenvalue weighted by molar-refractivity contribution is 6.34. The SMILES string of the molecule is CC(C)N1CC(=O)Nc2c(Cl)cccc21. The summed E-state index contributed by atoms with van der Waals surface area (Å²) in [6.45, 7) is 4.51. The van der Waals surface area contributed by atoms with Gasteiger partial charge in [-0.1, -0.05) is 17.7 Å². The van der Waals surface area contributed by atoms with Gasteiger partial charge >= 0.3 is 0 Å². The molecule has 1 aliphatic heterocycles. The Morgan fingerprint density at radius 1 is 1.47 bits per heavy atom. The number of anilines is 2.